The van der Waals surface area contributed by atoms with Crippen LogP contribution in [-0.2, 0) is 0 Å². The zero-order valence-electron chi connectivity index (χ0n) is 11.1. The Morgan fingerprint density at radius 2 is 2.20 bits per heavy atom. The van der Waals surface area contributed by atoms with E-state index in [1.165, 1.54) is 23.9 Å². The van der Waals surface area contributed by atoms with Crippen molar-refractivity contribution in [1.82, 2.24) is 0 Å². The summed E-state index contributed by atoms with van der Waals surface area (Å²) in [5, 5.41) is 32.6. The molecule has 1 atom stereocenters. The van der Waals surface area contributed by atoms with E-state index in [9.17, 15) is 20.0 Å². The maximum atomic E-state index is 11.0. The maximum absolute atomic E-state index is 11.0. The Balaban J connectivity index is 2.91. The van der Waals surface area contributed by atoms with Crippen LogP contribution in [0.1, 0.15) is 17.3 Å². The second kappa shape index (κ2) is 6.58. The SMILES string of the molecule is CSCC(C)(O)CNc1ccc([N+](=O)[O-])c(C(=O)O)c1. The predicted molar refractivity (Wildman–Crippen MR) is 77.6 cm³/mol. The molecule has 0 bridgehead atoms. The van der Waals surface area contributed by atoms with Crippen molar-refractivity contribution in [2.75, 3.05) is 23.9 Å². The number of aliphatic hydroxyl groups is 1. The van der Waals surface area contributed by atoms with Crippen molar-refractivity contribution < 1.29 is 19.9 Å². The number of nitrogens with one attached hydrogen (secondary N) is 1. The molecule has 0 saturated heterocycles. The number of carboxylic acid groups (broad SMARTS) is 1. The molecule has 1 unspecified atom stereocenters. The van der Waals surface area contributed by atoms with Crippen molar-refractivity contribution in [2.24, 2.45) is 0 Å². The zero-order valence-corrected chi connectivity index (χ0v) is 11.9. The third-order valence-electron chi connectivity index (χ3n) is 2.55. The lowest BCUT2D eigenvalue weighted by molar-refractivity contribution is -0.385. The first-order chi connectivity index (χ1) is 9.26. The fourth-order valence-electron chi connectivity index (χ4n) is 1.63. The lowest BCUT2D eigenvalue weighted by Crippen LogP contribution is -2.36. The van der Waals surface area contributed by atoms with Crippen LogP contribution in [-0.4, -0.2) is 45.3 Å². The summed E-state index contributed by atoms with van der Waals surface area (Å²) in [6.07, 6.45) is 1.86. The minimum atomic E-state index is -1.36. The van der Waals surface area contributed by atoms with Crippen molar-refractivity contribution in [3.63, 3.8) is 0 Å². The molecule has 0 heterocycles. The standard InChI is InChI=1S/C12H16N2O5S/c1-12(17,7-20-2)6-13-8-3-4-10(14(18)19)9(5-8)11(15)16/h3-5,13,17H,6-7H2,1-2H3,(H,15,16). The third kappa shape index (κ3) is 4.39. The largest absolute Gasteiger partial charge is 0.477 e. The zero-order chi connectivity index (χ0) is 15.3. The van der Waals surface area contributed by atoms with Crippen LogP contribution in [0, 0.1) is 10.1 Å². The summed E-state index contributed by atoms with van der Waals surface area (Å²) in [6.45, 7) is 1.87. The second-order valence-electron chi connectivity index (χ2n) is 4.58. The molecule has 7 nitrogen and oxygen atoms in total. The van der Waals surface area contributed by atoms with Gasteiger partial charge in [0.1, 0.15) is 5.56 Å². The van der Waals surface area contributed by atoms with Crippen molar-refractivity contribution >= 4 is 29.1 Å². The van der Waals surface area contributed by atoms with E-state index in [4.69, 9.17) is 5.11 Å². The van der Waals surface area contributed by atoms with Crippen LogP contribution < -0.4 is 5.32 Å². The Morgan fingerprint density at radius 3 is 2.70 bits per heavy atom. The van der Waals surface area contributed by atoms with E-state index < -0.39 is 22.2 Å². The van der Waals surface area contributed by atoms with Crippen LogP contribution in [0.3, 0.4) is 0 Å². The monoisotopic (exact) mass is 300 g/mol. The van der Waals surface area contributed by atoms with Gasteiger partial charge in [0, 0.05) is 24.1 Å². The average molecular weight is 300 g/mol. The highest BCUT2D eigenvalue weighted by Crippen LogP contribution is 2.23. The number of hydrogen-bond acceptors (Lipinski definition) is 6. The van der Waals surface area contributed by atoms with Gasteiger partial charge < -0.3 is 15.5 Å². The average Bonchev–Trinajstić information content (AvgIpc) is 2.35. The van der Waals surface area contributed by atoms with Crippen LogP contribution in [0.4, 0.5) is 11.4 Å². The summed E-state index contributed by atoms with van der Waals surface area (Å²) in [5.74, 6) is -0.852. The first-order valence-electron chi connectivity index (χ1n) is 5.74. The van der Waals surface area contributed by atoms with Gasteiger partial charge in [-0.15, -0.1) is 0 Å². The summed E-state index contributed by atoms with van der Waals surface area (Å²) in [6, 6.07) is 3.74. The third-order valence-corrected chi connectivity index (χ3v) is 3.46. The lowest BCUT2D eigenvalue weighted by Gasteiger charge is -2.23. The van der Waals surface area contributed by atoms with Gasteiger partial charge in [-0.05, 0) is 25.3 Å². The molecule has 0 fully saturated rings. The Bertz CT molecular complexity index is 519. The summed E-state index contributed by atoms with van der Waals surface area (Å²) in [4.78, 5) is 21.0. The number of benzene rings is 1. The summed E-state index contributed by atoms with van der Waals surface area (Å²) < 4.78 is 0. The van der Waals surface area contributed by atoms with E-state index in [0.717, 1.165) is 6.07 Å². The van der Waals surface area contributed by atoms with Crippen molar-refractivity contribution in [3.05, 3.63) is 33.9 Å². The Kier molecular flexibility index (Phi) is 5.34. The summed E-state index contributed by atoms with van der Waals surface area (Å²) in [7, 11) is 0. The number of nitrogens with zero attached hydrogens (tertiary/aromatic N) is 1. The normalized spacial score (nSPS) is 13.6. The summed E-state index contributed by atoms with van der Waals surface area (Å²) in [5.41, 5.74) is -1.39. The van der Waals surface area contributed by atoms with Gasteiger partial charge in [0.05, 0.1) is 10.5 Å². The number of nitro groups is 1. The fourth-order valence-corrected chi connectivity index (χ4v) is 2.35. The molecule has 1 aromatic carbocycles. The number of carboxylic acids is 1. The number of carbonyl (C=O) groups is 1. The van der Waals surface area contributed by atoms with E-state index in [0.29, 0.717) is 11.4 Å². The Hall–Kier alpha value is -1.80. The number of anilines is 1. The highest BCUT2D eigenvalue weighted by Gasteiger charge is 2.22. The molecule has 8 heteroatoms. The molecular formula is C12H16N2O5S. The molecule has 110 valence electrons. The molecule has 20 heavy (non-hydrogen) atoms. The van der Waals surface area contributed by atoms with E-state index in [2.05, 4.69) is 5.32 Å². The van der Waals surface area contributed by atoms with Gasteiger partial charge >= 0.3 is 5.97 Å². The molecule has 0 saturated carbocycles. The molecule has 0 aliphatic carbocycles. The molecule has 1 aromatic rings. The number of rotatable bonds is 7. The highest BCUT2D eigenvalue weighted by molar-refractivity contribution is 7.98. The molecule has 0 amide bonds. The van der Waals surface area contributed by atoms with E-state index in [-0.39, 0.29) is 12.1 Å². The number of nitro benzene ring substituents is 1. The molecular weight excluding hydrogens is 284 g/mol. The molecule has 0 aromatic heterocycles. The molecule has 0 radical (unpaired) electrons. The maximum Gasteiger partial charge on any atom is 0.342 e. The predicted octanol–water partition coefficient (Wildman–Crippen LogP) is 1.82. The van der Waals surface area contributed by atoms with Gasteiger partial charge in [-0.1, -0.05) is 0 Å². The fraction of sp³-hybridized carbons (Fsp3) is 0.417. The topological polar surface area (TPSA) is 113 Å². The van der Waals surface area contributed by atoms with Crippen LogP contribution in [0.15, 0.2) is 18.2 Å². The van der Waals surface area contributed by atoms with Gasteiger partial charge in [0.2, 0.25) is 0 Å². The first kappa shape index (κ1) is 16.3. The quantitative estimate of drug-likeness (QED) is 0.520. The molecule has 1 rings (SSSR count). The first-order valence-corrected chi connectivity index (χ1v) is 7.13. The van der Waals surface area contributed by atoms with Crippen LogP contribution in [0.5, 0.6) is 0 Å². The minimum Gasteiger partial charge on any atom is -0.477 e. The summed E-state index contributed by atoms with van der Waals surface area (Å²) >= 11 is 1.48. The number of thioether (sulfide) groups is 1. The van der Waals surface area contributed by atoms with Gasteiger partial charge in [-0.2, -0.15) is 11.8 Å². The second-order valence-corrected chi connectivity index (χ2v) is 5.44. The Morgan fingerprint density at radius 1 is 1.55 bits per heavy atom. The van der Waals surface area contributed by atoms with E-state index >= 15 is 0 Å². The van der Waals surface area contributed by atoms with Crippen LogP contribution in [0.2, 0.25) is 0 Å². The molecule has 0 aliphatic rings. The number of aromatic carboxylic acids is 1. The highest BCUT2D eigenvalue weighted by atomic mass is 32.2. The lowest BCUT2D eigenvalue weighted by atomic mass is 10.1. The van der Waals surface area contributed by atoms with E-state index in [1.54, 1.807) is 6.92 Å². The smallest absolute Gasteiger partial charge is 0.342 e. The van der Waals surface area contributed by atoms with E-state index in [1.807, 2.05) is 6.26 Å². The molecule has 3 N–H and O–H groups in total. The van der Waals surface area contributed by atoms with Gasteiger partial charge in [-0.25, -0.2) is 4.79 Å². The van der Waals surface area contributed by atoms with Gasteiger partial charge in [0.25, 0.3) is 5.69 Å². The van der Waals surface area contributed by atoms with Crippen molar-refractivity contribution in [2.45, 2.75) is 12.5 Å². The van der Waals surface area contributed by atoms with Gasteiger partial charge in [0.15, 0.2) is 0 Å². The van der Waals surface area contributed by atoms with Crippen LogP contribution >= 0.6 is 11.8 Å². The number of hydrogen-bond donors (Lipinski definition) is 3. The Labute approximate surface area is 120 Å². The van der Waals surface area contributed by atoms with Crippen molar-refractivity contribution in [1.29, 1.82) is 0 Å². The van der Waals surface area contributed by atoms with Crippen molar-refractivity contribution in [3.8, 4) is 0 Å². The minimum absolute atomic E-state index is 0.213. The van der Waals surface area contributed by atoms with Gasteiger partial charge in [-0.3, -0.25) is 10.1 Å². The molecule has 0 aliphatic heterocycles. The van der Waals surface area contributed by atoms with Crippen LogP contribution in [0.25, 0.3) is 0 Å². The molecule has 0 spiro atoms.